The fourth-order valence-corrected chi connectivity index (χ4v) is 1.75. The van der Waals surface area contributed by atoms with Gasteiger partial charge in [-0.2, -0.15) is 0 Å². The number of hydrogen-bond donors (Lipinski definition) is 0. The van der Waals surface area contributed by atoms with Gasteiger partial charge >= 0.3 is 33.9 Å². The second-order valence-electron chi connectivity index (χ2n) is 3.22. The van der Waals surface area contributed by atoms with E-state index in [9.17, 15) is 0 Å². The van der Waals surface area contributed by atoms with Crippen molar-refractivity contribution < 1.29 is 35.0 Å². The maximum atomic E-state index is 7.50. The van der Waals surface area contributed by atoms with Crippen LogP contribution < -0.4 is 0 Å². The Morgan fingerprint density at radius 1 is 0.882 bits per heavy atom. The van der Waals surface area contributed by atoms with Crippen molar-refractivity contribution in [2.24, 2.45) is 0 Å². The molecule has 0 unspecified atom stereocenters. The Labute approximate surface area is 116 Å². The maximum absolute atomic E-state index is 7.50. The largest absolute Gasteiger partial charge is 0 e. The Bertz CT molecular complexity index is 360. The minimum atomic E-state index is 0. The summed E-state index contributed by atoms with van der Waals surface area (Å²) < 4.78 is 22.5. The molecule has 0 spiro atoms. The summed E-state index contributed by atoms with van der Waals surface area (Å²) in [6.07, 6.45) is 2.61. The van der Waals surface area contributed by atoms with E-state index in [0.717, 1.165) is 0 Å². The molecule has 0 atom stereocenters. The average molecular weight is 312 g/mol. The first-order valence-electron chi connectivity index (χ1n) is 4.47. The van der Waals surface area contributed by atoms with Crippen molar-refractivity contribution in [2.75, 3.05) is 0 Å². The molecule has 0 fully saturated rings. The van der Waals surface area contributed by atoms with Crippen molar-refractivity contribution in [3.8, 4) is 0 Å². The topological polar surface area (TPSA) is 59.7 Å². The van der Waals surface area contributed by atoms with E-state index in [1.807, 2.05) is 0 Å². The molecule has 1 aromatic rings. The number of rotatable bonds is 0. The number of benzene rings is 1. The van der Waals surface area contributed by atoms with Crippen molar-refractivity contribution in [2.45, 2.75) is 26.7 Å². The van der Waals surface area contributed by atoms with E-state index in [1.165, 1.54) is 24.0 Å². The summed E-state index contributed by atoms with van der Waals surface area (Å²) in [6.45, 7) is 17.9. The zero-order valence-corrected chi connectivity index (χ0v) is 11.7. The third-order valence-electron chi connectivity index (χ3n) is 2.35. The predicted molar refractivity (Wildman–Crippen MR) is 55.1 cm³/mol. The first-order valence-corrected chi connectivity index (χ1v) is 4.47. The van der Waals surface area contributed by atoms with Crippen LogP contribution in [0.3, 0.4) is 0 Å². The van der Waals surface area contributed by atoms with Gasteiger partial charge in [0.2, 0.25) is 0 Å². The molecule has 0 N–H and O–H groups in total. The van der Waals surface area contributed by atoms with Gasteiger partial charge in [0.15, 0.2) is 0 Å². The van der Waals surface area contributed by atoms with Crippen LogP contribution in [0.1, 0.15) is 22.3 Å². The van der Waals surface area contributed by atoms with Gasteiger partial charge in [0.1, 0.15) is 0 Å². The van der Waals surface area contributed by atoms with Gasteiger partial charge in [0.25, 0.3) is 0 Å². The SMILES string of the molecule is Cc1cc(C)c2c(c1)CC2.[C-]#[O+].[C-]#[O+].[C-]#[O+].[Mo]. The molecule has 88 valence electrons. The minimum absolute atomic E-state index is 0. The Morgan fingerprint density at radius 2 is 1.35 bits per heavy atom. The van der Waals surface area contributed by atoms with Crippen LogP contribution in [0.15, 0.2) is 12.1 Å². The van der Waals surface area contributed by atoms with Gasteiger partial charge in [-0.05, 0) is 43.4 Å². The van der Waals surface area contributed by atoms with E-state index in [4.69, 9.17) is 14.0 Å². The van der Waals surface area contributed by atoms with Gasteiger partial charge in [0.05, 0.1) is 0 Å². The molecule has 4 heteroatoms. The maximum Gasteiger partial charge on any atom is 0 e. The zero-order valence-electron chi connectivity index (χ0n) is 9.70. The van der Waals surface area contributed by atoms with Crippen LogP contribution in [0.5, 0.6) is 0 Å². The van der Waals surface area contributed by atoms with E-state index < -0.39 is 0 Å². The van der Waals surface area contributed by atoms with E-state index in [1.54, 1.807) is 11.1 Å². The number of aryl methyl sites for hydroxylation is 3. The normalized spacial score (nSPS) is 8.71. The Hall–Kier alpha value is -0.872. The third kappa shape index (κ3) is 6.44. The van der Waals surface area contributed by atoms with Crippen molar-refractivity contribution in [1.82, 2.24) is 0 Å². The van der Waals surface area contributed by atoms with Gasteiger partial charge < -0.3 is 0 Å². The van der Waals surface area contributed by atoms with Crippen molar-refractivity contribution in [3.63, 3.8) is 0 Å². The van der Waals surface area contributed by atoms with E-state index in [-0.39, 0.29) is 21.1 Å². The molecule has 0 bridgehead atoms. The molecule has 0 aliphatic heterocycles. The summed E-state index contributed by atoms with van der Waals surface area (Å²) in [6, 6.07) is 4.59. The Kier molecular flexibility index (Phi) is 16.6. The van der Waals surface area contributed by atoms with Crippen LogP contribution in [0.2, 0.25) is 0 Å². The molecule has 1 aliphatic rings. The van der Waals surface area contributed by atoms with Gasteiger partial charge in [-0.1, -0.05) is 17.7 Å². The van der Waals surface area contributed by atoms with Gasteiger partial charge in [0, 0.05) is 21.1 Å². The second kappa shape index (κ2) is 13.2. The van der Waals surface area contributed by atoms with Gasteiger partial charge in [-0.15, -0.1) is 0 Å². The summed E-state index contributed by atoms with van der Waals surface area (Å²) >= 11 is 0. The van der Waals surface area contributed by atoms with Crippen molar-refractivity contribution >= 4 is 0 Å². The molecule has 1 aliphatic carbocycles. The molecule has 3 nitrogen and oxygen atoms in total. The first-order chi connectivity index (χ1) is 7.77. The predicted octanol–water partition coefficient (Wildman–Crippen LogP) is 2.29. The van der Waals surface area contributed by atoms with Gasteiger partial charge in [-0.3, -0.25) is 0 Å². The minimum Gasteiger partial charge on any atom is 0 e. The van der Waals surface area contributed by atoms with Crippen LogP contribution >= 0.6 is 0 Å². The molecule has 1 aromatic carbocycles. The molecule has 0 aromatic heterocycles. The molecule has 2 rings (SSSR count). The Morgan fingerprint density at radius 3 is 1.65 bits per heavy atom. The van der Waals surface area contributed by atoms with Crippen LogP contribution in [0.25, 0.3) is 0 Å². The molecule has 17 heavy (non-hydrogen) atoms. The Balaban J connectivity index is -0.000000248. The third-order valence-corrected chi connectivity index (χ3v) is 2.35. The monoisotopic (exact) mass is 314 g/mol. The molecule has 0 radical (unpaired) electrons. The first kappa shape index (κ1) is 21.4. The van der Waals surface area contributed by atoms with Crippen LogP contribution in [0, 0.1) is 33.8 Å². The standard InChI is InChI=1S/C10H12.3CO.Mo/c1-7-5-8(2)10-4-3-9(10)6-7;3*1-2;/h5-6H,3-4H2,1-2H3;;;;. The number of fused-ring (bicyclic) bond motifs is 1. The van der Waals surface area contributed by atoms with Crippen molar-refractivity contribution in [3.05, 3.63) is 54.3 Å². The molecular weight excluding hydrogens is 300 g/mol. The smallest absolute Gasteiger partial charge is 0 e. The summed E-state index contributed by atoms with van der Waals surface area (Å²) in [5.74, 6) is 0. The molecule has 0 saturated carbocycles. The summed E-state index contributed by atoms with van der Waals surface area (Å²) in [5, 5.41) is 0. The summed E-state index contributed by atoms with van der Waals surface area (Å²) in [5.41, 5.74) is 6.08. The van der Waals surface area contributed by atoms with Crippen LogP contribution in [-0.4, -0.2) is 0 Å². The summed E-state index contributed by atoms with van der Waals surface area (Å²) in [4.78, 5) is 0. The molecular formula is C13H12MoO3. The van der Waals surface area contributed by atoms with E-state index >= 15 is 0 Å². The van der Waals surface area contributed by atoms with Gasteiger partial charge in [-0.25, -0.2) is 0 Å². The molecule has 0 saturated heterocycles. The van der Waals surface area contributed by atoms with E-state index in [0.29, 0.717) is 0 Å². The fourth-order valence-electron chi connectivity index (χ4n) is 1.75. The fraction of sp³-hybridized carbons (Fsp3) is 0.308. The quantitative estimate of drug-likeness (QED) is 0.401. The van der Waals surface area contributed by atoms with Crippen LogP contribution in [0.4, 0.5) is 0 Å². The molecule has 0 amide bonds. The number of hydrogen-bond acceptors (Lipinski definition) is 0. The zero-order chi connectivity index (χ0) is 13.1. The molecule has 0 heterocycles. The average Bonchev–Trinajstić information content (AvgIpc) is 2.31. The van der Waals surface area contributed by atoms with Crippen molar-refractivity contribution in [1.29, 1.82) is 0 Å². The summed E-state index contributed by atoms with van der Waals surface area (Å²) in [7, 11) is 0. The van der Waals surface area contributed by atoms with E-state index in [2.05, 4.69) is 45.9 Å². The van der Waals surface area contributed by atoms with Crippen LogP contribution in [-0.2, 0) is 47.9 Å². The second-order valence-corrected chi connectivity index (χ2v) is 3.22.